The molecule has 2 aromatic rings. The molecule has 196 valence electrons. The molecule has 2 aromatic carbocycles. The van der Waals surface area contributed by atoms with Crippen LogP contribution in [0.2, 0.25) is 0 Å². The zero-order valence-corrected chi connectivity index (χ0v) is 22.3. The molecule has 0 spiro atoms. The van der Waals surface area contributed by atoms with Gasteiger partial charge in [0.05, 0.1) is 11.9 Å². The number of ether oxygens (including phenoxy) is 2. The number of sulfonamides is 1. The third-order valence-corrected chi connectivity index (χ3v) is 7.24. The number of fused-ring (bicyclic) bond motifs is 1. The second kappa shape index (κ2) is 11.6. The van der Waals surface area contributed by atoms with Crippen LogP contribution in [0.15, 0.2) is 42.5 Å². The summed E-state index contributed by atoms with van der Waals surface area (Å²) in [6, 6.07) is 11.5. The lowest BCUT2D eigenvalue weighted by atomic mass is 10.1. The first kappa shape index (κ1) is 27.3. The highest BCUT2D eigenvalue weighted by Gasteiger charge is 2.31. The van der Waals surface area contributed by atoms with Gasteiger partial charge in [-0.05, 0) is 44.9 Å². The molecule has 2 amide bonds. The van der Waals surface area contributed by atoms with Gasteiger partial charge in [0, 0.05) is 18.7 Å². The van der Waals surface area contributed by atoms with E-state index in [0.29, 0.717) is 24.7 Å². The Morgan fingerprint density at radius 2 is 1.75 bits per heavy atom. The first-order valence-electron chi connectivity index (χ1n) is 12.0. The Morgan fingerprint density at radius 3 is 2.39 bits per heavy atom. The van der Waals surface area contributed by atoms with E-state index in [2.05, 4.69) is 5.32 Å². The van der Waals surface area contributed by atoms with E-state index in [-0.39, 0.29) is 24.2 Å². The number of hydrogen-bond acceptors (Lipinski definition) is 6. The molecule has 0 saturated heterocycles. The lowest BCUT2D eigenvalue weighted by molar-refractivity contribution is -0.139. The molecule has 10 heteroatoms. The molecular weight excluding hydrogens is 482 g/mol. The molecule has 3 rings (SSSR count). The van der Waals surface area contributed by atoms with Gasteiger partial charge in [0.15, 0.2) is 11.5 Å². The number of nitrogens with zero attached hydrogens (tertiary/aromatic N) is 2. The first-order chi connectivity index (χ1) is 17.0. The topological polar surface area (TPSA) is 105 Å². The highest BCUT2D eigenvalue weighted by Crippen LogP contribution is 2.34. The maximum Gasteiger partial charge on any atom is 0.244 e. The van der Waals surface area contributed by atoms with Crippen molar-refractivity contribution in [2.45, 2.75) is 52.7 Å². The Morgan fingerprint density at radius 1 is 1.06 bits per heavy atom. The third-order valence-electron chi connectivity index (χ3n) is 6.10. The van der Waals surface area contributed by atoms with Gasteiger partial charge in [-0.3, -0.25) is 13.9 Å². The van der Waals surface area contributed by atoms with Crippen LogP contribution in [-0.4, -0.2) is 63.2 Å². The predicted molar refractivity (Wildman–Crippen MR) is 139 cm³/mol. The van der Waals surface area contributed by atoms with Crippen molar-refractivity contribution in [2.24, 2.45) is 0 Å². The Bertz CT molecular complexity index is 1200. The molecule has 9 nitrogen and oxygen atoms in total. The summed E-state index contributed by atoms with van der Waals surface area (Å²) in [4.78, 5) is 28.0. The number of rotatable bonds is 10. The largest absolute Gasteiger partial charge is 0.486 e. The molecule has 0 saturated carbocycles. The van der Waals surface area contributed by atoms with Crippen LogP contribution >= 0.6 is 0 Å². The number of aryl methyl sites for hydroxylation is 1. The second-order valence-electron chi connectivity index (χ2n) is 9.10. The van der Waals surface area contributed by atoms with Gasteiger partial charge >= 0.3 is 0 Å². The molecule has 36 heavy (non-hydrogen) atoms. The molecule has 1 aliphatic rings. The van der Waals surface area contributed by atoms with Crippen molar-refractivity contribution in [2.75, 3.05) is 30.3 Å². The number of carbonyl (C=O) groups is 2. The summed E-state index contributed by atoms with van der Waals surface area (Å²) in [6.45, 7) is 7.90. The molecule has 1 heterocycles. The number of anilines is 1. The van der Waals surface area contributed by atoms with Crippen LogP contribution in [0.4, 0.5) is 5.69 Å². The molecule has 1 aliphatic heterocycles. The average molecular weight is 518 g/mol. The molecular formula is C26H35N3O6S. The number of nitrogens with one attached hydrogen (secondary N) is 1. The summed E-state index contributed by atoms with van der Waals surface area (Å²) in [5.41, 5.74) is 2.14. The van der Waals surface area contributed by atoms with Crippen LogP contribution < -0.4 is 19.1 Å². The predicted octanol–water partition coefficient (Wildman–Crippen LogP) is 2.86. The molecule has 0 bridgehead atoms. The summed E-state index contributed by atoms with van der Waals surface area (Å²) < 4.78 is 37.6. The maximum absolute atomic E-state index is 13.6. The van der Waals surface area contributed by atoms with E-state index in [1.165, 1.54) is 4.90 Å². The summed E-state index contributed by atoms with van der Waals surface area (Å²) in [6.07, 6.45) is 1.79. The molecule has 0 unspecified atom stereocenters. The fourth-order valence-corrected chi connectivity index (χ4v) is 4.70. The zero-order chi connectivity index (χ0) is 26.5. The minimum atomic E-state index is -3.83. The molecule has 0 radical (unpaired) electrons. The van der Waals surface area contributed by atoms with Crippen LogP contribution in [0.5, 0.6) is 11.5 Å². The zero-order valence-electron chi connectivity index (χ0n) is 21.5. The Labute approximate surface area is 213 Å². The van der Waals surface area contributed by atoms with Gasteiger partial charge in [-0.1, -0.05) is 36.8 Å². The van der Waals surface area contributed by atoms with Crippen LogP contribution in [0, 0.1) is 6.92 Å². The van der Waals surface area contributed by atoms with Crippen LogP contribution in [0.25, 0.3) is 0 Å². The standard InChI is InChI=1S/C26H35N3O6S/c1-6-19(3)27-26(31)20(4)28(16-21-9-7-8-18(2)14-21)25(30)17-29(36(5,32)33)22-10-11-23-24(15-22)35-13-12-34-23/h7-11,14-15,19-20H,6,12-13,16-17H2,1-5H3,(H,27,31)/t19-,20-/m1/s1. The van der Waals surface area contributed by atoms with E-state index < -0.39 is 28.5 Å². The van der Waals surface area contributed by atoms with Gasteiger partial charge in [-0.2, -0.15) is 0 Å². The van der Waals surface area contributed by atoms with Gasteiger partial charge in [0.2, 0.25) is 21.8 Å². The van der Waals surface area contributed by atoms with Crippen molar-refractivity contribution >= 4 is 27.5 Å². The lowest BCUT2D eigenvalue weighted by Gasteiger charge is -2.32. The Kier molecular flexibility index (Phi) is 8.84. The van der Waals surface area contributed by atoms with Gasteiger partial charge < -0.3 is 19.7 Å². The van der Waals surface area contributed by atoms with Crippen molar-refractivity contribution in [3.8, 4) is 11.5 Å². The lowest BCUT2D eigenvalue weighted by Crippen LogP contribution is -2.52. The van der Waals surface area contributed by atoms with Crippen LogP contribution in [0.3, 0.4) is 0 Å². The van der Waals surface area contributed by atoms with Gasteiger partial charge in [-0.25, -0.2) is 8.42 Å². The summed E-state index contributed by atoms with van der Waals surface area (Å²) in [5, 5.41) is 2.92. The van der Waals surface area contributed by atoms with Crippen molar-refractivity contribution in [1.29, 1.82) is 0 Å². The van der Waals surface area contributed by atoms with Gasteiger partial charge in [0.1, 0.15) is 25.8 Å². The van der Waals surface area contributed by atoms with Crippen molar-refractivity contribution in [3.63, 3.8) is 0 Å². The first-order valence-corrected chi connectivity index (χ1v) is 13.9. The number of amides is 2. The minimum Gasteiger partial charge on any atom is -0.486 e. The van der Waals surface area contributed by atoms with Crippen LogP contribution in [-0.2, 0) is 26.2 Å². The van der Waals surface area contributed by atoms with Crippen molar-refractivity contribution in [1.82, 2.24) is 10.2 Å². The van der Waals surface area contributed by atoms with Crippen molar-refractivity contribution in [3.05, 3.63) is 53.6 Å². The fourth-order valence-electron chi connectivity index (χ4n) is 3.86. The monoisotopic (exact) mass is 517 g/mol. The molecule has 0 fully saturated rings. The Balaban J connectivity index is 1.91. The highest BCUT2D eigenvalue weighted by molar-refractivity contribution is 7.92. The smallest absolute Gasteiger partial charge is 0.244 e. The Hall–Kier alpha value is -3.27. The second-order valence-corrected chi connectivity index (χ2v) is 11.0. The maximum atomic E-state index is 13.6. The normalized spacial score (nSPS) is 14.5. The average Bonchev–Trinajstić information content (AvgIpc) is 2.84. The van der Waals surface area contributed by atoms with Crippen LogP contribution in [0.1, 0.15) is 38.3 Å². The molecule has 0 aromatic heterocycles. The van der Waals surface area contributed by atoms with E-state index in [1.807, 2.05) is 45.0 Å². The van der Waals surface area contributed by atoms with Gasteiger partial charge in [0.25, 0.3) is 0 Å². The van der Waals surface area contributed by atoms with E-state index in [0.717, 1.165) is 28.1 Å². The molecule has 0 aliphatic carbocycles. The summed E-state index contributed by atoms with van der Waals surface area (Å²) >= 11 is 0. The van der Waals surface area contributed by atoms with E-state index in [1.54, 1.807) is 25.1 Å². The SMILES string of the molecule is CC[C@@H](C)NC(=O)[C@@H](C)N(Cc1cccc(C)c1)C(=O)CN(c1ccc2c(c1)OCCO2)S(C)(=O)=O. The molecule has 1 N–H and O–H groups in total. The fraction of sp³-hybridized carbons (Fsp3) is 0.462. The number of hydrogen-bond donors (Lipinski definition) is 1. The van der Waals surface area contributed by atoms with Crippen molar-refractivity contribution < 1.29 is 27.5 Å². The summed E-state index contributed by atoms with van der Waals surface area (Å²) in [7, 11) is -3.83. The number of benzene rings is 2. The quantitative estimate of drug-likeness (QED) is 0.520. The van der Waals surface area contributed by atoms with Gasteiger partial charge in [-0.15, -0.1) is 0 Å². The van der Waals surface area contributed by atoms with E-state index in [9.17, 15) is 18.0 Å². The van der Waals surface area contributed by atoms with E-state index >= 15 is 0 Å². The molecule has 2 atom stereocenters. The highest BCUT2D eigenvalue weighted by atomic mass is 32.2. The summed E-state index contributed by atoms with van der Waals surface area (Å²) in [5.74, 6) is 0.137. The van der Waals surface area contributed by atoms with E-state index in [4.69, 9.17) is 9.47 Å². The third kappa shape index (κ3) is 6.90. The minimum absolute atomic E-state index is 0.0545. The number of carbonyl (C=O) groups excluding carboxylic acids is 2.